The number of carboxylic acids is 1. The van der Waals surface area contributed by atoms with Gasteiger partial charge in [-0.05, 0) is 44.4 Å². The standard InChI is InChI=1S/C22H24ClF2NO6/c1-22(7-3-8-22)31-9-6-16(20(28)29)26-12-18(30-2)15(11-19(26)27)14-10-13(23)4-5-17(14)32-21(24)25/h4-5,10-12,16,21H,3,6-9H2,1-2H3,(H,28,29). The number of halogens is 3. The van der Waals surface area contributed by atoms with Gasteiger partial charge >= 0.3 is 12.6 Å². The van der Waals surface area contributed by atoms with Gasteiger partial charge in [0.1, 0.15) is 17.5 Å². The van der Waals surface area contributed by atoms with Crippen molar-refractivity contribution in [3.05, 3.63) is 45.8 Å². The maximum absolute atomic E-state index is 12.9. The van der Waals surface area contributed by atoms with Gasteiger partial charge in [-0.15, -0.1) is 0 Å². The van der Waals surface area contributed by atoms with Crippen molar-refractivity contribution in [3.63, 3.8) is 0 Å². The maximum atomic E-state index is 12.9. The van der Waals surface area contributed by atoms with Crippen molar-refractivity contribution in [2.75, 3.05) is 13.7 Å². The van der Waals surface area contributed by atoms with Gasteiger partial charge in [0.25, 0.3) is 5.56 Å². The Morgan fingerprint density at radius 1 is 1.25 bits per heavy atom. The molecule has 0 bridgehead atoms. The van der Waals surface area contributed by atoms with Crippen molar-refractivity contribution in [1.82, 2.24) is 4.57 Å². The fraction of sp³-hybridized carbons (Fsp3) is 0.455. The van der Waals surface area contributed by atoms with E-state index in [9.17, 15) is 23.5 Å². The molecule has 10 heteroatoms. The third-order valence-electron chi connectivity index (χ3n) is 5.59. The topological polar surface area (TPSA) is 87.0 Å². The van der Waals surface area contributed by atoms with Gasteiger partial charge in [-0.25, -0.2) is 4.79 Å². The Labute approximate surface area is 188 Å². The maximum Gasteiger partial charge on any atom is 0.387 e. The van der Waals surface area contributed by atoms with Crippen LogP contribution in [-0.4, -0.2) is 41.6 Å². The number of rotatable bonds is 10. The van der Waals surface area contributed by atoms with Crippen LogP contribution in [0.15, 0.2) is 35.3 Å². The highest BCUT2D eigenvalue weighted by Gasteiger charge is 2.33. The molecule has 3 rings (SSSR count). The summed E-state index contributed by atoms with van der Waals surface area (Å²) in [6, 6.07) is 3.92. The zero-order valence-electron chi connectivity index (χ0n) is 17.6. The Bertz CT molecular complexity index is 1040. The lowest BCUT2D eigenvalue weighted by Gasteiger charge is -2.38. The molecule has 1 N–H and O–H groups in total. The van der Waals surface area contributed by atoms with Gasteiger partial charge in [-0.2, -0.15) is 8.78 Å². The van der Waals surface area contributed by atoms with Crippen LogP contribution in [0.2, 0.25) is 5.02 Å². The van der Waals surface area contributed by atoms with Crippen molar-refractivity contribution in [1.29, 1.82) is 0 Å². The summed E-state index contributed by atoms with van der Waals surface area (Å²) in [5, 5.41) is 9.94. The van der Waals surface area contributed by atoms with Crippen LogP contribution in [0.3, 0.4) is 0 Å². The smallest absolute Gasteiger partial charge is 0.387 e. The molecule has 1 saturated carbocycles. The number of aliphatic carboxylic acids is 1. The van der Waals surface area contributed by atoms with Gasteiger partial charge in [0.05, 0.1) is 18.9 Å². The highest BCUT2D eigenvalue weighted by molar-refractivity contribution is 6.31. The first-order valence-corrected chi connectivity index (χ1v) is 10.4. The molecule has 174 valence electrons. The lowest BCUT2D eigenvalue weighted by molar-refractivity contribution is -0.143. The number of benzene rings is 1. The fourth-order valence-electron chi connectivity index (χ4n) is 3.67. The molecule has 1 aromatic heterocycles. The Kier molecular flexibility index (Phi) is 7.40. The number of hydrogen-bond donors (Lipinski definition) is 1. The summed E-state index contributed by atoms with van der Waals surface area (Å²) in [7, 11) is 1.32. The predicted molar refractivity (Wildman–Crippen MR) is 114 cm³/mol. The van der Waals surface area contributed by atoms with Crippen LogP contribution in [0, 0.1) is 0 Å². The summed E-state index contributed by atoms with van der Waals surface area (Å²) < 4.78 is 42.4. The third-order valence-corrected chi connectivity index (χ3v) is 5.82. The molecule has 1 aromatic carbocycles. The zero-order valence-corrected chi connectivity index (χ0v) is 18.4. The minimum absolute atomic E-state index is 0.0737. The van der Waals surface area contributed by atoms with Crippen LogP contribution < -0.4 is 15.0 Å². The van der Waals surface area contributed by atoms with E-state index >= 15 is 0 Å². The molecule has 1 heterocycles. The monoisotopic (exact) mass is 471 g/mol. The van der Waals surface area contributed by atoms with Gasteiger partial charge in [0.2, 0.25) is 0 Å². The number of alkyl halides is 2. The largest absolute Gasteiger partial charge is 0.495 e. The summed E-state index contributed by atoms with van der Waals surface area (Å²) in [5.74, 6) is -1.30. The quantitative estimate of drug-likeness (QED) is 0.538. The molecule has 1 fully saturated rings. The average Bonchev–Trinajstić information content (AvgIpc) is 2.71. The normalized spacial score (nSPS) is 15.8. The Morgan fingerprint density at radius 3 is 2.50 bits per heavy atom. The van der Waals surface area contributed by atoms with Gasteiger partial charge in [0, 0.05) is 35.2 Å². The number of ether oxygens (including phenoxy) is 3. The SMILES string of the molecule is COc1cn(C(CCOC2(C)CCC2)C(=O)O)c(=O)cc1-c1cc(Cl)ccc1OC(F)F. The second-order valence-electron chi connectivity index (χ2n) is 7.81. The molecular formula is C22H24ClF2NO6. The van der Waals surface area contributed by atoms with E-state index < -0.39 is 24.2 Å². The number of hydrogen-bond acceptors (Lipinski definition) is 5. The van der Waals surface area contributed by atoms with E-state index in [1.165, 1.54) is 31.5 Å². The first-order chi connectivity index (χ1) is 15.1. The molecule has 1 unspecified atom stereocenters. The van der Waals surface area contributed by atoms with E-state index in [0.717, 1.165) is 29.9 Å². The second-order valence-corrected chi connectivity index (χ2v) is 8.25. The highest BCUT2D eigenvalue weighted by Crippen LogP contribution is 2.38. The first-order valence-electron chi connectivity index (χ1n) is 10.1. The van der Waals surface area contributed by atoms with E-state index in [-0.39, 0.29) is 46.3 Å². The van der Waals surface area contributed by atoms with E-state index in [1.807, 2.05) is 6.92 Å². The number of methoxy groups -OCH3 is 1. The van der Waals surface area contributed by atoms with Crippen LogP contribution in [0.5, 0.6) is 11.5 Å². The lowest BCUT2D eigenvalue weighted by Crippen LogP contribution is -2.38. The molecule has 2 aromatic rings. The molecule has 0 aliphatic heterocycles. The van der Waals surface area contributed by atoms with Crippen LogP contribution in [0.1, 0.15) is 38.6 Å². The molecule has 1 aliphatic carbocycles. The molecule has 7 nitrogen and oxygen atoms in total. The van der Waals surface area contributed by atoms with Crippen molar-refractivity contribution in [2.24, 2.45) is 0 Å². The first kappa shape index (κ1) is 24.0. The van der Waals surface area contributed by atoms with E-state index in [2.05, 4.69) is 4.74 Å². The molecule has 0 spiro atoms. The fourth-order valence-corrected chi connectivity index (χ4v) is 3.85. The molecule has 0 saturated heterocycles. The average molecular weight is 472 g/mol. The van der Waals surface area contributed by atoms with E-state index in [1.54, 1.807) is 0 Å². The van der Waals surface area contributed by atoms with Gasteiger partial charge < -0.3 is 19.3 Å². The summed E-state index contributed by atoms with van der Waals surface area (Å²) >= 11 is 6.01. The summed E-state index contributed by atoms with van der Waals surface area (Å²) in [6.45, 7) is -0.944. The van der Waals surface area contributed by atoms with Gasteiger partial charge in [0.15, 0.2) is 0 Å². The summed E-state index contributed by atoms with van der Waals surface area (Å²) in [6.07, 6.45) is 4.21. The van der Waals surface area contributed by atoms with Crippen LogP contribution in [-0.2, 0) is 9.53 Å². The van der Waals surface area contributed by atoms with Gasteiger partial charge in [-0.3, -0.25) is 9.36 Å². The number of aromatic nitrogens is 1. The predicted octanol–water partition coefficient (Wildman–Crippen LogP) is 4.75. The number of carboxylic acid groups (broad SMARTS) is 1. The Hall–Kier alpha value is -2.65. The summed E-state index contributed by atoms with van der Waals surface area (Å²) in [4.78, 5) is 24.7. The Morgan fingerprint density at radius 2 is 1.94 bits per heavy atom. The van der Waals surface area contributed by atoms with Crippen LogP contribution >= 0.6 is 11.6 Å². The van der Waals surface area contributed by atoms with Crippen molar-refractivity contribution < 1.29 is 32.9 Å². The van der Waals surface area contributed by atoms with Crippen LogP contribution in [0.4, 0.5) is 8.78 Å². The lowest BCUT2D eigenvalue weighted by atomic mass is 9.82. The number of pyridine rings is 1. The third kappa shape index (κ3) is 5.39. The van der Waals surface area contributed by atoms with E-state index in [4.69, 9.17) is 21.1 Å². The highest BCUT2D eigenvalue weighted by atomic mass is 35.5. The van der Waals surface area contributed by atoms with E-state index in [0.29, 0.717) is 0 Å². The molecule has 0 radical (unpaired) electrons. The second kappa shape index (κ2) is 9.87. The number of nitrogens with zero attached hydrogens (tertiary/aromatic N) is 1. The van der Waals surface area contributed by atoms with Crippen LogP contribution in [0.25, 0.3) is 11.1 Å². The minimum Gasteiger partial charge on any atom is -0.495 e. The van der Waals surface area contributed by atoms with Gasteiger partial charge in [-0.1, -0.05) is 11.6 Å². The van der Waals surface area contributed by atoms with Crippen molar-refractivity contribution >= 4 is 17.6 Å². The number of carbonyl (C=O) groups is 1. The molecule has 32 heavy (non-hydrogen) atoms. The molecule has 1 aliphatic rings. The van der Waals surface area contributed by atoms with Crippen molar-refractivity contribution in [3.8, 4) is 22.6 Å². The molecule has 1 atom stereocenters. The molecule has 0 amide bonds. The zero-order chi connectivity index (χ0) is 23.5. The molecular weight excluding hydrogens is 448 g/mol. The minimum atomic E-state index is -3.09. The van der Waals surface area contributed by atoms with Crippen molar-refractivity contribution in [2.45, 2.75) is 50.9 Å². The Balaban J connectivity index is 1.96. The summed E-state index contributed by atoms with van der Waals surface area (Å²) in [5.41, 5.74) is -0.629.